The van der Waals surface area contributed by atoms with Crippen LogP contribution in [0.15, 0.2) is 42.5 Å². The van der Waals surface area contributed by atoms with Crippen LogP contribution >= 0.6 is 0 Å². The summed E-state index contributed by atoms with van der Waals surface area (Å²) in [5.74, 6) is 2.49. The topological polar surface area (TPSA) is 40.6 Å². The minimum absolute atomic E-state index is 0.116. The molecule has 130 valence electrons. The second-order valence-corrected chi connectivity index (χ2v) is 9.45. The van der Waals surface area contributed by atoms with E-state index in [1.807, 2.05) is 30.3 Å². The number of hydrogen-bond acceptors (Lipinski definition) is 3. The molecule has 0 N–H and O–H groups in total. The molecule has 0 unspecified atom stereocenters. The average Bonchev–Trinajstić information content (AvgIpc) is 3.19. The lowest BCUT2D eigenvalue weighted by molar-refractivity contribution is 0.156. The highest BCUT2D eigenvalue weighted by molar-refractivity contribution is 7.88. The highest BCUT2D eigenvalue weighted by Crippen LogP contribution is 2.43. The van der Waals surface area contributed by atoms with Crippen molar-refractivity contribution < 1.29 is 8.42 Å². The van der Waals surface area contributed by atoms with Gasteiger partial charge in [-0.05, 0) is 36.2 Å². The summed E-state index contributed by atoms with van der Waals surface area (Å²) in [6.07, 6.45) is 7.46. The van der Waals surface area contributed by atoms with Crippen molar-refractivity contribution in [2.45, 2.75) is 18.6 Å². The van der Waals surface area contributed by atoms with Gasteiger partial charge in [0.2, 0.25) is 10.0 Å². The number of piperazine rings is 1. The number of allylic oxidation sites excluding steroid dienone is 2. The molecular weight excluding hydrogens is 320 g/mol. The first-order chi connectivity index (χ1) is 11.6. The molecule has 4 nitrogen and oxygen atoms in total. The number of fused-ring (bicyclic) bond motifs is 2. The molecule has 1 aromatic carbocycles. The minimum atomic E-state index is -3.20. The zero-order valence-electron chi connectivity index (χ0n) is 14.0. The van der Waals surface area contributed by atoms with Crippen LogP contribution in [0.2, 0.25) is 0 Å². The Balaban J connectivity index is 1.30. The van der Waals surface area contributed by atoms with E-state index in [1.54, 1.807) is 4.31 Å². The van der Waals surface area contributed by atoms with E-state index in [1.165, 1.54) is 12.8 Å². The van der Waals surface area contributed by atoms with Gasteiger partial charge in [-0.25, -0.2) is 8.42 Å². The van der Waals surface area contributed by atoms with Gasteiger partial charge in [0, 0.05) is 32.7 Å². The standard InChI is InChI=1S/C19H26N2O2S/c22-24(23,15-16-4-2-1-3-5-16)21-10-8-20(9-11-21)14-19-13-17-6-7-18(19)12-17/h1-7,17-19H,8-15H2/t17-,18+,19-/m0/s1. The molecule has 1 saturated carbocycles. The maximum atomic E-state index is 12.6. The lowest BCUT2D eigenvalue weighted by atomic mass is 9.93. The third-order valence-corrected chi connectivity index (χ3v) is 7.68. The molecule has 0 aromatic heterocycles. The lowest BCUT2D eigenvalue weighted by Gasteiger charge is -2.36. The number of benzene rings is 1. The van der Waals surface area contributed by atoms with Gasteiger partial charge in [-0.3, -0.25) is 0 Å². The van der Waals surface area contributed by atoms with Crippen molar-refractivity contribution in [3.05, 3.63) is 48.0 Å². The third kappa shape index (κ3) is 3.44. The van der Waals surface area contributed by atoms with Crippen molar-refractivity contribution in [2.24, 2.45) is 17.8 Å². The van der Waals surface area contributed by atoms with Crippen LogP contribution in [-0.2, 0) is 15.8 Å². The van der Waals surface area contributed by atoms with Crippen LogP contribution < -0.4 is 0 Å². The van der Waals surface area contributed by atoms with Crippen LogP contribution in [0.1, 0.15) is 18.4 Å². The molecule has 1 heterocycles. The van der Waals surface area contributed by atoms with E-state index in [9.17, 15) is 8.42 Å². The smallest absolute Gasteiger partial charge is 0.218 e. The predicted molar refractivity (Wildman–Crippen MR) is 95.9 cm³/mol. The highest BCUT2D eigenvalue weighted by atomic mass is 32.2. The van der Waals surface area contributed by atoms with Crippen LogP contribution in [0.3, 0.4) is 0 Å². The second-order valence-electron chi connectivity index (χ2n) is 7.48. The van der Waals surface area contributed by atoms with Crippen molar-refractivity contribution in [1.82, 2.24) is 9.21 Å². The number of sulfonamides is 1. The van der Waals surface area contributed by atoms with E-state index in [-0.39, 0.29) is 5.75 Å². The van der Waals surface area contributed by atoms with E-state index < -0.39 is 10.0 Å². The number of rotatable bonds is 5. The molecule has 2 aliphatic carbocycles. The first-order valence-corrected chi connectivity index (χ1v) is 10.6. The molecule has 0 radical (unpaired) electrons. The molecule has 1 aliphatic heterocycles. The van der Waals surface area contributed by atoms with E-state index in [4.69, 9.17) is 0 Å². The summed E-state index contributed by atoms with van der Waals surface area (Å²) in [7, 11) is -3.20. The molecule has 0 amide bonds. The van der Waals surface area contributed by atoms with Crippen molar-refractivity contribution >= 4 is 10.0 Å². The van der Waals surface area contributed by atoms with Gasteiger partial charge in [0.05, 0.1) is 5.75 Å². The van der Waals surface area contributed by atoms with Crippen LogP contribution in [0, 0.1) is 17.8 Å². The Morgan fingerprint density at radius 2 is 1.71 bits per heavy atom. The van der Waals surface area contributed by atoms with Crippen molar-refractivity contribution in [1.29, 1.82) is 0 Å². The summed E-state index contributed by atoms with van der Waals surface area (Å²) in [5.41, 5.74) is 0.869. The minimum Gasteiger partial charge on any atom is -0.300 e. The largest absolute Gasteiger partial charge is 0.300 e. The Kier molecular flexibility index (Phi) is 4.50. The van der Waals surface area contributed by atoms with Crippen LogP contribution in [-0.4, -0.2) is 50.3 Å². The summed E-state index contributed by atoms with van der Waals surface area (Å²) in [6.45, 7) is 4.13. The molecule has 3 aliphatic rings. The molecule has 1 saturated heterocycles. The SMILES string of the molecule is O=S(=O)(Cc1ccccc1)N1CCN(C[C@@H]2C[C@H]3C=C[C@@H]2C3)CC1. The monoisotopic (exact) mass is 346 g/mol. The quantitative estimate of drug-likeness (QED) is 0.769. The van der Waals surface area contributed by atoms with E-state index >= 15 is 0 Å². The maximum Gasteiger partial charge on any atom is 0.218 e. The number of nitrogens with zero attached hydrogens (tertiary/aromatic N) is 2. The van der Waals surface area contributed by atoms with E-state index in [0.29, 0.717) is 13.1 Å². The van der Waals surface area contributed by atoms with Gasteiger partial charge < -0.3 is 4.90 Å². The normalized spacial score (nSPS) is 30.9. The molecule has 2 bridgehead atoms. The van der Waals surface area contributed by atoms with Gasteiger partial charge in [0.1, 0.15) is 0 Å². The van der Waals surface area contributed by atoms with Crippen LogP contribution in [0.4, 0.5) is 0 Å². The Bertz CT molecular complexity index is 693. The van der Waals surface area contributed by atoms with Gasteiger partial charge in [0.25, 0.3) is 0 Å². The van der Waals surface area contributed by atoms with Gasteiger partial charge in [-0.1, -0.05) is 42.5 Å². The predicted octanol–water partition coefficient (Wildman–Crippen LogP) is 2.35. The summed E-state index contributed by atoms with van der Waals surface area (Å²) < 4.78 is 26.9. The Morgan fingerprint density at radius 1 is 0.958 bits per heavy atom. The molecule has 4 rings (SSSR count). The Hall–Kier alpha value is -1.17. The summed E-state index contributed by atoms with van der Waals surface area (Å²) >= 11 is 0. The summed E-state index contributed by atoms with van der Waals surface area (Å²) in [4.78, 5) is 2.47. The van der Waals surface area contributed by atoms with Crippen molar-refractivity contribution in [3.8, 4) is 0 Å². The molecule has 2 fully saturated rings. The fourth-order valence-corrected chi connectivity index (χ4v) is 6.02. The Labute approximate surface area is 145 Å². The van der Waals surface area contributed by atoms with E-state index in [0.717, 1.165) is 43.0 Å². The number of hydrogen-bond donors (Lipinski definition) is 0. The van der Waals surface area contributed by atoms with Crippen LogP contribution in [0.5, 0.6) is 0 Å². The molecule has 3 atom stereocenters. The molecule has 24 heavy (non-hydrogen) atoms. The van der Waals surface area contributed by atoms with Gasteiger partial charge in [-0.2, -0.15) is 4.31 Å². The third-order valence-electron chi connectivity index (χ3n) is 5.83. The fourth-order valence-electron chi connectivity index (χ4n) is 4.50. The molecule has 5 heteroatoms. The molecular formula is C19H26N2O2S. The zero-order valence-corrected chi connectivity index (χ0v) is 14.9. The summed E-state index contributed by atoms with van der Waals surface area (Å²) in [6, 6.07) is 9.48. The van der Waals surface area contributed by atoms with Gasteiger partial charge in [0.15, 0.2) is 0 Å². The van der Waals surface area contributed by atoms with Crippen LogP contribution in [0.25, 0.3) is 0 Å². The first-order valence-electron chi connectivity index (χ1n) is 9.02. The Morgan fingerprint density at radius 3 is 2.33 bits per heavy atom. The second kappa shape index (κ2) is 6.62. The zero-order chi connectivity index (χ0) is 16.6. The average molecular weight is 346 g/mol. The molecule has 1 aromatic rings. The van der Waals surface area contributed by atoms with E-state index in [2.05, 4.69) is 17.1 Å². The lowest BCUT2D eigenvalue weighted by Crippen LogP contribution is -2.50. The first kappa shape index (κ1) is 16.3. The van der Waals surface area contributed by atoms with Gasteiger partial charge >= 0.3 is 0 Å². The molecule has 0 spiro atoms. The fraction of sp³-hybridized carbons (Fsp3) is 0.579. The maximum absolute atomic E-state index is 12.6. The van der Waals surface area contributed by atoms with Crippen molar-refractivity contribution in [3.63, 3.8) is 0 Å². The highest BCUT2D eigenvalue weighted by Gasteiger charge is 2.37. The van der Waals surface area contributed by atoms with Crippen molar-refractivity contribution in [2.75, 3.05) is 32.7 Å². The van der Waals surface area contributed by atoms with Gasteiger partial charge in [-0.15, -0.1) is 0 Å². The summed E-state index contributed by atoms with van der Waals surface area (Å²) in [5, 5.41) is 0.